The number of aryl methyl sites for hydroxylation is 1. The van der Waals surface area contributed by atoms with Crippen LogP contribution in [-0.4, -0.2) is 21.2 Å². The summed E-state index contributed by atoms with van der Waals surface area (Å²) in [4.78, 5) is 19.2. The van der Waals surface area contributed by atoms with E-state index in [0.29, 0.717) is 17.2 Å². The molecule has 1 heterocycles. The van der Waals surface area contributed by atoms with Gasteiger partial charge in [-0.25, -0.2) is 4.98 Å². The molecule has 0 aliphatic carbocycles. The van der Waals surface area contributed by atoms with E-state index in [1.165, 1.54) is 17.8 Å². The number of aromatic hydroxyl groups is 1. The number of fused-ring (bicyclic) bond motifs is 1. The second-order valence-electron chi connectivity index (χ2n) is 6.60. The zero-order chi connectivity index (χ0) is 21.3. The van der Waals surface area contributed by atoms with Gasteiger partial charge in [0.2, 0.25) is 11.6 Å². The Balaban J connectivity index is 1.67. The molecule has 30 heavy (non-hydrogen) atoms. The molecule has 4 aromatic rings. The summed E-state index contributed by atoms with van der Waals surface area (Å²) < 4.78 is 5.85. The molecule has 0 fully saturated rings. The van der Waals surface area contributed by atoms with E-state index in [9.17, 15) is 15.2 Å². The maximum atomic E-state index is 11.0. The number of aliphatic imine (C=N–C) groups is 1. The van der Waals surface area contributed by atoms with Gasteiger partial charge in [0.25, 0.3) is 0 Å². The predicted octanol–water partition coefficient (Wildman–Crippen LogP) is 6.08. The van der Waals surface area contributed by atoms with Gasteiger partial charge in [0.1, 0.15) is 5.52 Å². The van der Waals surface area contributed by atoms with Gasteiger partial charge < -0.3 is 9.52 Å². The number of nitro groups is 1. The molecule has 0 radical (unpaired) electrons. The molecule has 0 amide bonds. The summed E-state index contributed by atoms with van der Waals surface area (Å²) in [6, 6.07) is 15.6. The third-order valence-corrected chi connectivity index (χ3v) is 4.81. The van der Waals surface area contributed by atoms with Gasteiger partial charge >= 0.3 is 5.69 Å². The number of hydrogen-bond acceptors (Lipinski definition) is 6. The number of phenols is 1. The van der Waals surface area contributed by atoms with Gasteiger partial charge in [-0.15, -0.1) is 0 Å². The molecule has 150 valence electrons. The second-order valence-corrected chi connectivity index (χ2v) is 7.04. The van der Waals surface area contributed by atoms with E-state index in [-0.39, 0.29) is 10.6 Å². The van der Waals surface area contributed by atoms with Crippen LogP contribution < -0.4 is 0 Å². The third-order valence-electron chi connectivity index (χ3n) is 4.59. The topological polar surface area (TPSA) is 102 Å². The Morgan fingerprint density at radius 3 is 2.83 bits per heavy atom. The highest BCUT2D eigenvalue weighted by Crippen LogP contribution is 2.33. The molecule has 3 aromatic carbocycles. The molecule has 0 atom stereocenters. The molecule has 0 saturated heterocycles. The molecular weight excluding hydrogens is 406 g/mol. The van der Waals surface area contributed by atoms with Crippen molar-refractivity contribution in [2.75, 3.05) is 0 Å². The van der Waals surface area contributed by atoms with Gasteiger partial charge in [0, 0.05) is 28.4 Å². The molecular formula is C22H16ClN3O4. The Morgan fingerprint density at radius 2 is 2.07 bits per heavy atom. The highest BCUT2D eigenvalue weighted by atomic mass is 35.5. The molecule has 0 saturated carbocycles. The monoisotopic (exact) mass is 421 g/mol. The van der Waals surface area contributed by atoms with Gasteiger partial charge in [-0.3, -0.25) is 15.1 Å². The van der Waals surface area contributed by atoms with Crippen LogP contribution in [0.25, 0.3) is 22.6 Å². The van der Waals surface area contributed by atoms with Crippen LogP contribution in [0.15, 0.2) is 64.0 Å². The lowest BCUT2D eigenvalue weighted by atomic mass is 10.1. The van der Waals surface area contributed by atoms with Crippen LogP contribution in [0.2, 0.25) is 5.02 Å². The van der Waals surface area contributed by atoms with Gasteiger partial charge in [-0.1, -0.05) is 30.7 Å². The van der Waals surface area contributed by atoms with Gasteiger partial charge in [-0.2, -0.15) is 0 Å². The number of oxazole rings is 1. The Kier molecular flexibility index (Phi) is 5.20. The lowest BCUT2D eigenvalue weighted by Crippen LogP contribution is -1.92. The van der Waals surface area contributed by atoms with Crippen LogP contribution in [0.3, 0.4) is 0 Å². The van der Waals surface area contributed by atoms with Crippen molar-refractivity contribution in [3.63, 3.8) is 0 Å². The number of halogens is 1. The van der Waals surface area contributed by atoms with Crippen molar-refractivity contribution in [2.45, 2.75) is 13.3 Å². The molecule has 8 heteroatoms. The van der Waals surface area contributed by atoms with E-state index in [1.54, 1.807) is 18.2 Å². The van der Waals surface area contributed by atoms with Crippen LogP contribution in [0, 0.1) is 10.1 Å². The first-order valence-corrected chi connectivity index (χ1v) is 9.53. The Morgan fingerprint density at radius 1 is 1.23 bits per heavy atom. The average molecular weight is 422 g/mol. The van der Waals surface area contributed by atoms with Crippen molar-refractivity contribution in [1.29, 1.82) is 0 Å². The first-order chi connectivity index (χ1) is 14.4. The van der Waals surface area contributed by atoms with Gasteiger partial charge in [0.05, 0.1) is 10.6 Å². The number of benzene rings is 3. The summed E-state index contributed by atoms with van der Waals surface area (Å²) >= 11 is 5.92. The van der Waals surface area contributed by atoms with Crippen molar-refractivity contribution in [1.82, 2.24) is 4.98 Å². The fourth-order valence-corrected chi connectivity index (χ4v) is 3.24. The number of phenolic OH excluding ortho intramolecular Hbond substituents is 1. The summed E-state index contributed by atoms with van der Waals surface area (Å²) in [6.45, 7) is 2.08. The average Bonchev–Trinajstić information content (AvgIpc) is 3.17. The number of rotatable bonds is 5. The van der Waals surface area contributed by atoms with E-state index < -0.39 is 16.4 Å². The summed E-state index contributed by atoms with van der Waals surface area (Å²) in [7, 11) is 0. The van der Waals surface area contributed by atoms with E-state index >= 15 is 0 Å². The van der Waals surface area contributed by atoms with E-state index in [0.717, 1.165) is 23.6 Å². The standard InChI is InChI=1S/C22H16ClN3O4/c1-2-13-6-7-20-18(8-13)25-22(30-20)14-4-3-5-17(10-14)24-12-15-9-16(23)11-19(21(15)27)26(28)29/h3-12,27H,2H2,1H3. The number of hydrogen-bond donors (Lipinski definition) is 1. The molecule has 1 aromatic heterocycles. The third kappa shape index (κ3) is 3.88. The van der Waals surface area contributed by atoms with Crippen LogP contribution in [0.5, 0.6) is 5.75 Å². The van der Waals surface area contributed by atoms with Crippen molar-refractivity contribution >= 4 is 40.3 Å². The number of nitro benzene ring substituents is 1. The molecule has 1 N–H and O–H groups in total. The first-order valence-electron chi connectivity index (χ1n) is 9.15. The van der Waals surface area contributed by atoms with Crippen molar-refractivity contribution < 1.29 is 14.4 Å². The zero-order valence-electron chi connectivity index (χ0n) is 15.9. The molecule has 0 spiro atoms. The number of nitrogens with zero attached hydrogens (tertiary/aromatic N) is 3. The SMILES string of the molecule is CCc1ccc2oc(-c3cccc(N=Cc4cc(Cl)cc([N+](=O)[O-])c4O)c3)nc2c1. The summed E-state index contributed by atoms with van der Waals surface area (Å²) in [5, 5.41) is 21.3. The number of aromatic nitrogens is 1. The van der Waals surface area contributed by atoms with Crippen LogP contribution in [-0.2, 0) is 6.42 Å². The van der Waals surface area contributed by atoms with Crippen molar-refractivity contribution in [3.8, 4) is 17.2 Å². The molecule has 7 nitrogen and oxygen atoms in total. The Hall–Kier alpha value is -3.71. The maximum Gasteiger partial charge on any atom is 0.312 e. The zero-order valence-corrected chi connectivity index (χ0v) is 16.6. The maximum absolute atomic E-state index is 11.0. The highest BCUT2D eigenvalue weighted by Gasteiger charge is 2.17. The molecule has 4 rings (SSSR count). The second kappa shape index (κ2) is 7.96. The molecule has 0 unspecified atom stereocenters. The van der Waals surface area contributed by atoms with Crippen molar-refractivity contribution in [3.05, 3.63) is 80.9 Å². The van der Waals surface area contributed by atoms with E-state index in [4.69, 9.17) is 16.0 Å². The summed E-state index contributed by atoms with van der Waals surface area (Å²) in [5.74, 6) is -0.0217. The fourth-order valence-electron chi connectivity index (χ4n) is 3.02. The van der Waals surface area contributed by atoms with Gasteiger partial charge in [0.15, 0.2) is 5.58 Å². The van der Waals surface area contributed by atoms with Crippen LogP contribution in [0.1, 0.15) is 18.1 Å². The molecule has 0 aliphatic rings. The highest BCUT2D eigenvalue weighted by molar-refractivity contribution is 6.31. The lowest BCUT2D eigenvalue weighted by molar-refractivity contribution is -0.385. The first kappa shape index (κ1) is 19.6. The van der Waals surface area contributed by atoms with Gasteiger partial charge in [-0.05, 0) is 48.4 Å². The Labute approximate surface area is 176 Å². The van der Waals surface area contributed by atoms with Crippen molar-refractivity contribution in [2.24, 2.45) is 4.99 Å². The minimum absolute atomic E-state index is 0.132. The van der Waals surface area contributed by atoms with E-state index in [1.807, 2.05) is 24.3 Å². The quantitative estimate of drug-likeness (QED) is 0.239. The van der Waals surface area contributed by atoms with Crippen LogP contribution in [0.4, 0.5) is 11.4 Å². The summed E-state index contributed by atoms with van der Waals surface area (Å²) in [6.07, 6.45) is 2.24. The van der Waals surface area contributed by atoms with E-state index in [2.05, 4.69) is 16.9 Å². The normalized spacial score (nSPS) is 11.4. The Bertz CT molecular complexity index is 1300. The summed E-state index contributed by atoms with van der Waals surface area (Å²) in [5.41, 5.74) is 3.63. The minimum atomic E-state index is -0.698. The fraction of sp³-hybridized carbons (Fsp3) is 0.0909. The molecule has 0 aliphatic heterocycles. The molecule has 0 bridgehead atoms. The smallest absolute Gasteiger partial charge is 0.312 e. The lowest BCUT2D eigenvalue weighted by Gasteiger charge is -2.02. The van der Waals surface area contributed by atoms with Crippen LogP contribution >= 0.6 is 11.6 Å². The predicted molar refractivity (Wildman–Crippen MR) is 116 cm³/mol. The minimum Gasteiger partial charge on any atom is -0.502 e. The largest absolute Gasteiger partial charge is 0.502 e.